The number of carboxylic acid groups (broad SMARTS) is 1. The Morgan fingerprint density at radius 3 is 2.72 bits per heavy atom. The molecule has 0 saturated carbocycles. The molecule has 1 heterocycles. The molecule has 0 aliphatic heterocycles. The predicted molar refractivity (Wildman–Crippen MR) is 71.9 cm³/mol. The molecule has 0 fully saturated rings. The Balaban J connectivity index is 2.63. The van der Waals surface area contributed by atoms with E-state index in [4.69, 9.17) is 16.7 Å². The van der Waals surface area contributed by atoms with E-state index < -0.39 is 5.97 Å². The van der Waals surface area contributed by atoms with Crippen molar-refractivity contribution in [2.75, 3.05) is 0 Å². The third-order valence-electron chi connectivity index (χ3n) is 2.35. The smallest absolute Gasteiger partial charge is 0.354 e. The lowest BCUT2D eigenvalue weighted by molar-refractivity contribution is 0.0690. The molecule has 0 bridgehead atoms. The first-order chi connectivity index (χ1) is 8.47. The van der Waals surface area contributed by atoms with Crippen LogP contribution in [-0.2, 0) is 0 Å². The summed E-state index contributed by atoms with van der Waals surface area (Å²) in [6, 6.07) is 6.83. The molecule has 1 aromatic heterocycles. The zero-order chi connectivity index (χ0) is 13.3. The van der Waals surface area contributed by atoms with Crippen LogP contribution in [0.4, 0.5) is 0 Å². The van der Waals surface area contributed by atoms with Gasteiger partial charge >= 0.3 is 5.97 Å². The Hall–Kier alpha value is -1.46. The molecule has 1 N–H and O–H groups in total. The van der Waals surface area contributed by atoms with Gasteiger partial charge in [0.05, 0.1) is 0 Å². The molecule has 0 aliphatic carbocycles. The topological polar surface area (TPSA) is 63.1 Å². The van der Waals surface area contributed by atoms with Gasteiger partial charge < -0.3 is 5.11 Å². The first-order valence-electron chi connectivity index (χ1n) is 5.02. The molecule has 0 saturated heterocycles. The highest BCUT2D eigenvalue weighted by atomic mass is 79.9. The second kappa shape index (κ2) is 5.04. The first-order valence-corrected chi connectivity index (χ1v) is 6.19. The Morgan fingerprint density at radius 2 is 2.06 bits per heavy atom. The van der Waals surface area contributed by atoms with Crippen molar-refractivity contribution in [2.45, 2.75) is 6.92 Å². The lowest BCUT2D eigenvalue weighted by atomic mass is 10.1. The highest BCUT2D eigenvalue weighted by Crippen LogP contribution is 2.25. The zero-order valence-corrected chi connectivity index (χ0v) is 11.7. The molecule has 92 valence electrons. The fourth-order valence-corrected chi connectivity index (χ4v) is 2.03. The van der Waals surface area contributed by atoms with Crippen molar-refractivity contribution in [1.29, 1.82) is 0 Å². The van der Waals surface area contributed by atoms with Gasteiger partial charge in [-0.3, -0.25) is 0 Å². The average Bonchev–Trinajstić information content (AvgIpc) is 2.31. The summed E-state index contributed by atoms with van der Waals surface area (Å²) in [5.74, 6) is -0.827. The monoisotopic (exact) mass is 326 g/mol. The van der Waals surface area contributed by atoms with Crippen molar-refractivity contribution in [3.8, 4) is 11.4 Å². The summed E-state index contributed by atoms with van der Waals surface area (Å²) in [6.45, 7) is 1.90. The molecule has 1 aromatic carbocycles. The fourth-order valence-electron chi connectivity index (χ4n) is 1.48. The van der Waals surface area contributed by atoms with Crippen LogP contribution in [0.15, 0.2) is 28.7 Å². The van der Waals surface area contributed by atoms with Crippen molar-refractivity contribution in [1.82, 2.24) is 9.97 Å². The summed E-state index contributed by atoms with van der Waals surface area (Å²) in [5, 5.41) is 9.05. The van der Waals surface area contributed by atoms with Gasteiger partial charge in [-0.25, -0.2) is 14.8 Å². The summed E-state index contributed by atoms with van der Waals surface area (Å²) in [4.78, 5) is 19.0. The van der Waals surface area contributed by atoms with E-state index in [1.54, 1.807) is 0 Å². The molecule has 0 unspecified atom stereocenters. The van der Waals surface area contributed by atoms with Crippen LogP contribution in [0.25, 0.3) is 11.4 Å². The molecule has 2 rings (SSSR count). The molecular formula is C12H8BrClN2O2. The highest BCUT2D eigenvalue weighted by Gasteiger charge is 2.12. The minimum atomic E-state index is -1.13. The van der Waals surface area contributed by atoms with Gasteiger partial charge in [-0.15, -0.1) is 0 Å². The standard InChI is InChI=1S/C12H8BrClN2O2/c1-6-2-3-7(13)4-8(6)11-15-9(12(17)18)5-10(14)16-11/h2-5H,1H3,(H,17,18). The number of benzene rings is 1. The average molecular weight is 328 g/mol. The molecule has 0 atom stereocenters. The number of halogens is 2. The largest absolute Gasteiger partial charge is 0.477 e. The van der Waals surface area contributed by atoms with E-state index in [9.17, 15) is 4.79 Å². The van der Waals surface area contributed by atoms with E-state index in [0.717, 1.165) is 15.6 Å². The van der Waals surface area contributed by atoms with Crippen molar-refractivity contribution >= 4 is 33.5 Å². The van der Waals surface area contributed by atoms with Crippen LogP contribution in [0.1, 0.15) is 16.1 Å². The van der Waals surface area contributed by atoms with Crippen LogP contribution in [0.5, 0.6) is 0 Å². The van der Waals surface area contributed by atoms with Crippen molar-refractivity contribution in [2.24, 2.45) is 0 Å². The molecule has 4 nitrogen and oxygen atoms in total. The number of rotatable bonds is 2. The summed E-state index contributed by atoms with van der Waals surface area (Å²) < 4.78 is 0.864. The summed E-state index contributed by atoms with van der Waals surface area (Å²) in [5.41, 5.74) is 1.57. The second-order valence-corrected chi connectivity index (χ2v) is 4.97. The van der Waals surface area contributed by atoms with E-state index in [0.29, 0.717) is 5.82 Å². The molecule has 2 aromatic rings. The maximum absolute atomic E-state index is 10.9. The van der Waals surface area contributed by atoms with Crippen LogP contribution < -0.4 is 0 Å². The van der Waals surface area contributed by atoms with Gasteiger partial charge in [0.1, 0.15) is 5.15 Å². The van der Waals surface area contributed by atoms with Gasteiger partial charge in [0.25, 0.3) is 0 Å². The van der Waals surface area contributed by atoms with E-state index in [1.807, 2.05) is 25.1 Å². The lowest BCUT2D eigenvalue weighted by Gasteiger charge is -2.06. The van der Waals surface area contributed by atoms with Gasteiger partial charge in [0, 0.05) is 16.1 Å². The maximum atomic E-state index is 10.9. The van der Waals surface area contributed by atoms with Crippen LogP contribution in [0.3, 0.4) is 0 Å². The highest BCUT2D eigenvalue weighted by molar-refractivity contribution is 9.10. The molecule has 0 amide bonds. The predicted octanol–water partition coefficient (Wildman–Crippen LogP) is 3.57. The summed E-state index contributed by atoms with van der Waals surface area (Å²) in [7, 11) is 0. The van der Waals surface area contributed by atoms with Crippen LogP contribution in [0, 0.1) is 6.92 Å². The number of aromatic nitrogens is 2. The number of hydrogen-bond donors (Lipinski definition) is 1. The fraction of sp³-hybridized carbons (Fsp3) is 0.0833. The lowest BCUT2D eigenvalue weighted by Crippen LogP contribution is -2.03. The van der Waals surface area contributed by atoms with Gasteiger partial charge in [0.15, 0.2) is 11.5 Å². The Labute approximate surface area is 117 Å². The third kappa shape index (κ3) is 2.68. The van der Waals surface area contributed by atoms with Gasteiger partial charge in [-0.05, 0) is 24.6 Å². The number of carboxylic acids is 1. The molecule has 18 heavy (non-hydrogen) atoms. The summed E-state index contributed by atoms with van der Waals surface area (Å²) in [6.07, 6.45) is 0. The van der Waals surface area contributed by atoms with E-state index >= 15 is 0 Å². The molecule has 0 aliphatic rings. The zero-order valence-electron chi connectivity index (χ0n) is 9.32. The second-order valence-electron chi connectivity index (χ2n) is 3.66. The normalized spacial score (nSPS) is 10.4. The van der Waals surface area contributed by atoms with Crippen LogP contribution in [-0.4, -0.2) is 21.0 Å². The van der Waals surface area contributed by atoms with Gasteiger partial charge in [-0.2, -0.15) is 0 Å². The minimum Gasteiger partial charge on any atom is -0.477 e. The molecule has 0 spiro atoms. The van der Waals surface area contributed by atoms with E-state index in [1.165, 1.54) is 6.07 Å². The van der Waals surface area contributed by atoms with E-state index in [2.05, 4.69) is 25.9 Å². The maximum Gasteiger partial charge on any atom is 0.354 e. The minimum absolute atomic E-state index is 0.108. The molecular weight excluding hydrogens is 320 g/mol. The Morgan fingerprint density at radius 1 is 1.33 bits per heavy atom. The quantitative estimate of drug-likeness (QED) is 0.857. The van der Waals surface area contributed by atoms with Gasteiger partial charge in [0.2, 0.25) is 0 Å². The van der Waals surface area contributed by atoms with Crippen molar-refractivity contribution in [3.63, 3.8) is 0 Å². The van der Waals surface area contributed by atoms with Crippen LogP contribution in [0.2, 0.25) is 5.15 Å². The van der Waals surface area contributed by atoms with Crippen molar-refractivity contribution in [3.05, 3.63) is 45.1 Å². The number of hydrogen-bond acceptors (Lipinski definition) is 3. The number of nitrogens with zero attached hydrogens (tertiary/aromatic N) is 2. The summed E-state index contributed by atoms with van der Waals surface area (Å²) >= 11 is 9.16. The third-order valence-corrected chi connectivity index (χ3v) is 3.04. The Bertz CT molecular complexity index is 631. The number of aromatic carboxylic acids is 1. The van der Waals surface area contributed by atoms with Gasteiger partial charge in [-0.1, -0.05) is 33.6 Å². The van der Waals surface area contributed by atoms with Crippen LogP contribution >= 0.6 is 27.5 Å². The SMILES string of the molecule is Cc1ccc(Br)cc1-c1nc(Cl)cc(C(=O)O)n1. The number of aryl methyl sites for hydroxylation is 1. The molecule has 0 radical (unpaired) electrons. The molecule has 6 heteroatoms. The van der Waals surface area contributed by atoms with Crippen molar-refractivity contribution < 1.29 is 9.90 Å². The number of carbonyl (C=O) groups is 1. The van der Waals surface area contributed by atoms with E-state index in [-0.39, 0.29) is 10.8 Å². The Kier molecular flexibility index (Phi) is 3.63. The first kappa shape index (κ1) is 13.0.